The van der Waals surface area contributed by atoms with Gasteiger partial charge in [-0.05, 0) is 31.1 Å². The van der Waals surface area contributed by atoms with Gasteiger partial charge in [0.25, 0.3) is 0 Å². The van der Waals surface area contributed by atoms with E-state index >= 15 is 0 Å². The van der Waals surface area contributed by atoms with Crippen molar-refractivity contribution in [3.05, 3.63) is 90.2 Å². The number of carbonyl (C=O) groups is 1. The number of amidine groups is 1. The predicted octanol–water partition coefficient (Wildman–Crippen LogP) is 4.77. The van der Waals surface area contributed by atoms with Gasteiger partial charge in [0.15, 0.2) is 5.78 Å². The number of anilines is 1. The SMILES string of the molecule is CC(=O)/C=C(/C)[O-].CC(C)[C@H]1CN(c2ccccc2)C(c2[c-]ccc3ccccc23)=N1.[Pd+2]. The zero-order valence-corrected chi connectivity index (χ0v) is 20.4. The van der Waals surface area contributed by atoms with Crippen molar-refractivity contribution in [3.8, 4) is 0 Å². The van der Waals surface area contributed by atoms with Crippen LogP contribution in [0, 0.1) is 12.0 Å². The maximum absolute atomic E-state index is 9.98. The molecule has 0 saturated heterocycles. The molecule has 4 nitrogen and oxygen atoms in total. The van der Waals surface area contributed by atoms with Gasteiger partial charge in [-0.2, -0.15) is 0 Å². The fourth-order valence-electron chi connectivity index (χ4n) is 3.57. The summed E-state index contributed by atoms with van der Waals surface area (Å²) < 4.78 is 0. The Hall–Kier alpha value is -2.74. The van der Waals surface area contributed by atoms with Crippen molar-refractivity contribution in [1.29, 1.82) is 0 Å². The van der Waals surface area contributed by atoms with Crippen molar-refractivity contribution in [2.24, 2.45) is 10.9 Å². The van der Waals surface area contributed by atoms with Crippen LogP contribution in [-0.4, -0.2) is 24.2 Å². The molecule has 1 atom stereocenters. The van der Waals surface area contributed by atoms with E-state index in [1.54, 1.807) is 0 Å². The van der Waals surface area contributed by atoms with Crippen molar-refractivity contribution < 1.29 is 30.3 Å². The Morgan fingerprint density at radius 2 is 1.75 bits per heavy atom. The molecule has 0 spiro atoms. The molecular formula is C27H28N2O2Pd. The van der Waals surface area contributed by atoms with E-state index in [9.17, 15) is 9.90 Å². The second-order valence-corrected chi connectivity index (χ2v) is 8.02. The fourth-order valence-corrected chi connectivity index (χ4v) is 3.57. The Morgan fingerprint density at radius 3 is 2.34 bits per heavy atom. The Kier molecular flexibility index (Phi) is 9.38. The molecule has 0 fully saturated rings. The summed E-state index contributed by atoms with van der Waals surface area (Å²) in [5.74, 6) is 1.18. The largest absolute Gasteiger partial charge is 2.00 e. The second kappa shape index (κ2) is 11.8. The van der Waals surface area contributed by atoms with Crippen LogP contribution in [0.2, 0.25) is 0 Å². The molecule has 0 N–H and O–H groups in total. The molecule has 0 radical (unpaired) electrons. The number of hydrogen-bond acceptors (Lipinski definition) is 4. The molecule has 3 aromatic rings. The normalized spacial score (nSPS) is 15.7. The zero-order valence-electron chi connectivity index (χ0n) is 18.8. The van der Waals surface area contributed by atoms with Crippen molar-refractivity contribution in [1.82, 2.24) is 0 Å². The smallest absolute Gasteiger partial charge is 0.876 e. The number of carbonyl (C=O) groups excluding carboxylic acids is 1. The fraction of sp³-hybridized carbons (Fsp3) is 0.259. The van der Waals surface area contributed by atoms with Gasteiger partial charge in [-0.15, -0.1) is 34.9 Å². The number of rotatable bonds is 4. The van der Waals surface area contributed by atoms with E-state index < -0.39 is 0 Å². The molecule has 5 heteroatoms. The Morgan fingerprint density at radius 1 is 1.09 bits per heavy atom. The molecule has 1 aliphatic heterocycles. The van der Waals surface area contributed by atoms with E-state index in [2.05, 4.69) is 85.5 Å². The van der Waals surface area contributed by atoms with E-state index in [-0.39, 0.29) is 32.0 Å². The second-order valence-electron chi connectivity index (χ2n) is 8.02. The van der Waals surface area contributed by atoms with Gasteiger partial charge in [-0.1, -0.05) is 68.6 Å². The van der Waals surface area contributed by atoms with Crippen LogP contribution in [0.15, 0.2) is 83.6 Å². The van der Waals surface area contributed by atoms with Crippen molar-refractivity contribution >= 4 is 28.1 Å². The first-order valence-corrected chi connectivity index (χ1v) is 10.5. The molecule has 1 aliphatic rings. The molecule has 4 rings (SSSR count). The minimum Gasteiger partial charge on any atom is -0.876 e. The van der Waals surface area contributed by atoms with Crippen LogP contribution >= 0.6 is 0 Å². The third kappa shape index (κ3) is 6.39. The number of nitrogens with zero attached hydrogens (tertiary/aromatic N) is 2. The molecule has 0 amide bonds. The van der Waals surface area contributed by atoms with E-state index in [4.69, 9.17) is 4.99 Å². The molecule has 0 aliphatic carbocycles. The minimum absolute atomic E-state index is 0. The first kappa shape index (κ1) is 25.5. The number of ketones is 1. The van der Waals surface area contributed by atoms with Gasteiger partial charge in [0.05, 0.1) is 11.9 Å². The summed E-state index contributed by atoms with van der Waals surface area (Å²) in [6.45, 7) is 8.11. The summed E-state index contributed by atoms with van der Waals surface area (Å²) in [5.41, 5.74) is 2.29. The number of allylic oxidation sites excluding steroid dienone is 2. The number of fused-ring (bicyclic) bond motifs is 1. The van der Waals surface area contributed by atoms with E-state index in [1.807, 2.05) is 6.07 Å². The summed E-state index contributed by atoms with van der Waals surface area (Å²) in [4.78, 5) is 17.4. The Bertz CT molecular complexity index is 1100. The maximum atomic E-state index is 9.98. The first-order chi connectivity index (χ1) is 14.9. The van der Waals surface area contributed by atoms with Crippen molar-refractivity contribution in [3.63, 3.8) is 0 Å². The van der Waals surface area contributed by atoms with Crippen LogP contribution in [-0.2, 0) is 25.2 Å². The van der Waals surface area contributed by atoms with Crippen LogP contribution in [0.25, 0.3) is 10.8 Å². The summed E-state index contributed by atoms with van der Waals surface area (Å²) in [7, 11) is 0. The molecule has 0 aromatic heterocycles. The zero-order chi connectivity index (χ0) is 22.4. The summed E-state index contributed by atoms with van der Waals surface area (Å²) in [6.07, 6.45) is 1.06. The topological polar surface area (TPSA) is 55.7 Å². The van der Waals surface area contributed by atoms with Crippen molar-refractivity contribution in [2.45, 2.75) is 33.7 Å². The summed E-state index contributed by atoms with van der Waals surface area (Å²) >= 11 is 0. The number of para-hydroxylation sites is 1. The minimum atomic E-state index is -0.187. The van der Waals surface area contributed by atoms with Crippen LogP contribution in [0.4, 0.5) is 5.69 Å². The van der Waals surface area contributed by atoms with Crippen LogP contribution in [0.5, 0.6) is 0 Å². The maximum Gasteiger partial charge on any atom is 2.00 e. The van der Waals surface area contributed by atoms with Gasteiger partial charge < -0.3 is 15.0 Å². The molecular weight excluding hydrogens is 491 g/mol. The van der Waals surface area contributed by atoms with Gasteiger partial charge in [0.2, 0.25) is 0 Å². The van der Waals surface area contributed by atoms with Crippen LogP contribution in [0.3, 0.4) is 0 Å². The quantitative estimate of drug-likeness (QED) is 0.216. The van der Waals surface area contributed by atoms with Crippen molar-refractivity contribution in [2.75, 3.05) is 11.4 Å². The Balaban J connectivity index is 0.000000398. The van der Waals surface area contributed by atoms with E-state index in [0.29, 0.717) is 12.0 Å². The third-order valence-electron chi connectivity index (χ3n) is 5.10. The summed E-state index contributed by atoms with van der Waals surface area (Å²) in [5, 5.41) is 12.4. The van der Waals surface area contributed by atoms with Gasteiger partial charge in [0.1, 0.15) is 0 Å². The number of benzene rings is 3. The van der Waals surface area contributed by atoms with E-state index in [1.165, 1.54) is 30.3 Å². The molecule has 1 heterocycles. The monoisotopic (exact) mass is 518 g/mol. The molecule has 0 unspecified atom stereocenters. The van der Waals surface area contributed by atoms with E-state index in [0.717, 1.165) is 24.0 Å². The van der Waals surface area contributed by atoms with Crippen LogP contribution < -0.4 is 10.0 Å². The van der Waals surface area contributed by atoms with Gasteiger partial charge >= 0.3 is 20.4 Å². The third-order valence-corrected chi connectivity index (χ3v) is 5.10. The van der Waals surface area contributed by atoms with Gasteiger partial charge in [-0.25, -0.2) is 0 Å². The predicted molar refractivity (Wildman–Crippen MR) is 126 cm³/mol. The first-order valence-electron chi connectivity index (χ1n) is 10.5. The molecule has 168 valence electrons. The average Bonchev–Trinajstić information content (AvgIpc) is 3.19. The average molecular weight is 519 g/mol. The van der Waals surface area contributed by atoms with Gasteiger partial charge in [-0.3, -0.25) is 4.79 Å². The van der Waals surface area contributed by atoms with Crippen LogP contribution in [0.1, 0.15) is 33.3 Å². The molecule has 0 bridgehead atoms. The molecule has 32 heavy (non-hydrogen) atoms. The molecule has 3 aromatic carbocycles. The number of hydrogen-bond donors (Lipinski definition) is 0. The molecule has 0 saturated carbocycles. The summed E-state index contributed by atoms with van der Waals surface area (Å²) in [6, 6.07) is 26.9. The standard InChI is InChI=1S/C22H21N2.C5H8O2.Pd/c1-16(2)21-15-24(18-11-4-3-5-12-18)22(23-21)20-14-8-10-17-9-6-7-13-19(17)20;1-4(6)3-5(2)7;/h3-13,16,21H,15H2,1-2H3;3,6H,1-2H3;/q-1;;+2/p-1/b;4-3-;/t21-;;/m1../s1. The van der Waals surface area contributed by atoms with Gasteiger partial charge in [0, 0.05) is 12.2 Å². The number of aliphatic imine (C=N–C) groups is 1. The Labute approximate surface area is 204 Å².